The molecule has 1 amide bonds. The minimum absolute atomic E-state index is 0.0915. The summed E-state index contributed by atoms with van der Waals surface area (Å²) in [5.41, 5.74) is 1.84. The van der Waals surface area contributed by atoms with E-state index in [0.29, 0.717) is 16.1 Å². The van der Waals surface area contributed by atoms with Crippen molar-refractivity contribution in [3.05, 3.63) is 54.9 Å². The van der Waals surface area contributed by atoms with Crippen molar-refractivity contribution < 1.29 is 4.79 Å². The number of pyridine rings is 1. The number of benzene rings is 1. The van der Waals surface area contributed by atoms with E-state index in [4.69, 9.17) is 0 Å². The number of carbonyl (C=O) groups excluding carboxylic acids is 1. The van der Waals surface area contributed by atoms with E-state index in [0.717, 1.165) is 23.5 Å². The largest absolute Gasteiger partial charge is 0.304 e. The Balaban J connectivity index is 1.63. The van der Waals surface area contributed by atoms with Crippen molar-refractivity contribution in [2.45, 2.75) is 17.3 Å². The highest BCUT2D eigenvalue weighted by atomic mass is 32.2. The first kappa shape index (κ1) is 18.7. The molecule has 3 aromatic rings. The summed E-state index contributed by atoms with van der Waals surface area (Å²) in [7, 11) is 0. The zero-order valence-electron chi connectivity index (χ0n) is 15.1. The third kappa shape index (κ3) is 4.10. The number of amidine groups is 1. The zero-order chi connectivity index (χ0) is 19.3. The fourth-order valence-corrected chi connectivity index (χ4v) is 4.27. The molecule has 1 aliphatic rings. The van der Waals surface area contributed by atoms with Crippen molar-refractivity contribution in [3.8, 4) is 17.1 Å². The van der Waals surface area contributed by atoms with Crippen LogP contribution in [0.5, 0.6) is 0 Å². The first-order valence-corrected chi connectivity index (χ1v) is 10.6. The Hall–Kier alpha value is -2.65. The van der Waals surface area contributed by atoms with Gasteiger partial charge in [0.25, 0.3) is 0 Å². The van der Waals surface area contributed by atoms with E-state index in [-0.39, 0.29) is 11.2 Å². The quantitative estimate of drug-likeness (QED) is 0.651. The molecule has 1 atom stereocenters. The molecule has 28 heavy (non-hydrogen) atoms. The van der Waals surface area contributed by atoms with Gasteiger partial charge in [0, 0.05) is 29.4 Å². The predicted octanol–water partition coefficient (Wildman–Crippen LogP) is 3.03. The Morgan fingerprint density at radius 1 is 1.18 bits per heavy atom. The molecule has 0 spiro atoms. The predicted molar refractivity (Wildman–Crippen MR) is 113 cm³/mol. The SMILES string of the molecule is CC(Sc1nnc(-c2ccncc2)n1-c1ccccc1)C(=O)NC1=NCCS1. The lowest BCUT2D eigenvalue weighted by Crippen LogP contribution is -2.34. The number of aliphatic imine (C=N–C) groups is 1. The van der Waals surface area contributed by atoms with Crippen LogP contribution in [0.25, 0.3) is 17.1 Å². The van der Waals surface area contributed by atoms with Gasteiger partial charge in [0.1, 0.15) is 0 Å². The second-order valence-electron chi connectivity index (χ2n) is 6.00. The monoisotopic (exact) mass is 410 g/mol. The molecule has 7 nitrogen and oxygen atoms in total. The van der Waals surface area contributed by atoms with Gasteiger partial charge in [0.15, 0.2) is 16.1 Å². The maximum Gasteiger partial charge on any atom is 0.239 e. The van der Waals surface area contributed by atoms with Crippen LogP contribution in [0.2, 0.25) is 0 Å². The maximum atomic E-state index is 12.5. The number of hydrogen-bond acceptors (Lipinski definition) is 7. The second-order valence-corrected chi connectivity index (χ2v) is 8.39. The van der Waals surface area contributed by atoms with E-state index in [1.54, 1.807) is 24.2 Å². The van der Waals surface area contributed by atoms with E-state index in [1.165, 1.54) is 11.8 Å². The Kier molecular flexibility index (Phi) is 5.73. The molecule has 0 fully saturated rings. The van der Waals surface area contributed by atoms with Gasteiger partial charge in [0.05, 0.1) is 11.8 Å². The number of aromatic nitrogens is 4. The van der Waals surface area contributed by atoms with Crippen molar-refractivity contribution in [2.24, 2.45) is 4.99 Å². The molecule has 142 valence electrons. The topological polar surface area (TPSA) is 85.1 Å². The van der Waals surface area contributed by atoms with Crippen LogP contribution in [-0.2, 0) is 4.79 Å². The first-order valence-electron chi connectivity index (χ1n) is 8.78. The Labute approximate surface area is 171 Å². The maximum absolute atomic E-state index is 12.5. The van der Waals surface area contributed by atoms with Crippen molar-refractivity contribution in [3.63, 3.8) is 0 Å². The first-order chi connectivity index (χ1) is 13.7. The van der Waals surface area contributed by atoms with Gasteiger partial charge in [-0.3, -0.25) is 19.3 Å². The third-order valence-electron chi connectivity index (χ3n) is 4.05. The minimum Gasteiger partial charge on any atom is -0.304 e. The van der Waals surface area contributed by atoms with E-state index in [9.17, 15) is 4.79 Å². The second kappa shape index (κ2) is 8.57. The van der Waals surface area contributed by atoms with Gasteiger partial charge in [-0.2, -0.15) is 0 Å². The van der Waals surface area contributed by atoms with Gasteiger partial charge < -0.3 is 5.32 Å². The molecule has 2 aromatic heterocycles. The molecule has 9 heteroatoms. The van der Waals surface area contributed by atoms with Crippen LogP contribution in [0.3, 0.4) is 0 Å². The number of amides is 1. The lowest BCUT2D eigenvalue weighted by molar-refractivity contribution is -0.118. The number of nitrogens with one attached hydrogen (secondary N) is 1. The fourth-order valence-electron chi connectivity index (χ4n) is 2.67. The van der Waals surface area contributed by atoms with Crippen LogP contribution in [-0.4, -0.2) is 48.4 Å². The summed E-state index contributed by atoms with van der Waals surface area (Å²) < 4.78 is 1.96. The molecule has 1 aromatic carbocycles. The van der Waals surface area contributed by atoms with E-state index < -0.39 is 0 Å². The van der Waals surface area contributed by atoms with Gasteiger partial charge in [-0.1, -0.05) is 41.7 Å². The minimum atomic E-state index is -0.346. The average Bonchev–Trinajstić information content (AvgIpc) is 3.39. The van der Waals surface area contributed by atoms with E-state index in [2.05, 4.69) is 25.5 Å². The Morgan fingerprint density at radius 3 is 2.68 bits per heavy atom. The standard InChI is InChI=1S/C19H18N6OS2/c1-13(17(26)22-18-21-11-12-27-18)28-19-24-23-16(14-7-9-20-10-8-14)25(19)15-5-3-2-4-6-15/h2-10,13H,11-12H2,1H3,(H,21,22,26). The number of rotatable bonds is 5. The summed E-state index contributed by atoms with van der Waals surface area (Å²) in [4.78, 5) is 20.9. The summed E-state index contributed by atoms with van der Waals surface area (Å²) >= 11 is 2.93. The molecule has 0 saturated carbocycles. The number of nitrogens with zero attached hydrogens (tertiary/aromatic N) is 5. The van der Waals surface area contributed by atoms with E-state index in [1.807, 2.05) is 54.0 Å². The van der Waals surface area contributed by atoms with Crippen molar-refractivity contribution in [1.82, 2.24) is 25.1 Å². The number of thioether (sulfide) groups is 2. The molecule has 1 N–H and O–H groups in total. The molecule has 0 saturated heterocycles. The normalized spacial score (nSPS) is 14.5. The van der Waals surface area contributed by atoms with Crippen LogP contribution in [0.1, 0.15) is 6.92 Å². The van der Waals surface area contributed by atoms with Crippen LogP contribution in [0.4, 0.5) is 0 Å². The summed E-state index contributed by atoms with van der Waals surface area (Å²) in [6.07, 6.45) is 3.45. The fraction of sp³-hybridized carbons (Fsp3) is 0.211. The Morgan fingerprint density at radius 2 is 1.96 bits per heavy atom. The highest BCUT2D eigenvalue weighted by Crippen LogP contribution is 2.30. The van der Waals surface area contributed by atoms with Crippen molar-refractivity contribution >= 4 is 34.6 Å². The van der Waals surface area contributed by atoms with Gasteiger partial charge in [-0.25, -0.2) is 0 Å². The van der Waals surface area contributed by atoms with E-state index >= 15 is 0 Å². The molecule has 1 aliphatic heterocycles. The smallest absolute Gasteiger partial charge is 0.239 e. The van der Waals surface area contributed by atoms with Gasteiger partial charge in [-0.05, 0) is 31.2 Å². The van der Waals surface area contributed by atoms with Crippen LogP contribution < -0.4 is 5.32 Å². The number of hydrogen-bond donors (Lipinski definition) is 1. The lowest BCUT2D eigenvalue weighted by Gasteiger charge is -2.13. The van der Waals surface area contributed by atoms with Crippen LogP contribution in [0, 0.1) is 0 Å². The molecule has 0 aliphatic carbocycles. The van der Waals surface area contributed by atoms with Crippen molar-refractivity contribution in [2.75, 3.05) is 12.3 Å². The molecular formula is C19H18N6OS2. The molecule has 1 unspecified atom stereocenters. The molecule has 3 heterocycles. The van der Waals surface area contributed by atoms with Gasteiger partial charge >= 0.3 is 0 Å². The van der Waals surface area contributed by atoms with Crippen molar-refractivity contribution in [1.29, 1.82) is 0 Å². The van der Waals surface area contributed by atoms with Gasteiger partial charge in [-0.15, -0.1) is 10.2 Å². The molecular weight excluding hydrogens is 392 g/mol. The molecule has 0 radical (unpaired) electrons. The zero-order valence-corrected chi connectivity index (χ0v) is 16.8. The van der Waals surface area contributed by atoms with Gasteiger partial charge in [0.2, 0.25) is 5.91 Å². The lowest BCUT2D eigenvalue weighted by atomic mass is 10.2. The average molecular weight is 411 g/mol. The van der Waals surface area contributed by atoms with Crippen LogP contribution in [0.15, 0.2) is 65.0 Å². The highest BCUT2D eigenvalue weighted by Gasteiger charge is 2.23. The summed E-state index contributed by atoms with van der Waals surface area (Å²) in [6.45, 7) is 2.61. The summed E-state index contributed by atoms with van der Waals surface area (Å²) in [5.74, 6) is 1.53. The highest BCUT2D eigenvalue weighted by molar-refractivity contribution is 8.14. The molecule has 0 bridgehead atoms. The number of carbonyl (C=O) groups is 1. The Bertz CT molecular complexity index is 990. The summed E-state index contributed by atoms with van der Waals surface area (Å²) in [5, 5.41) is 12.6. The number of para-hydroxylation sites is 1. The molecule has 4 rings (SSSR count). The summed E-state index contributed by atoms with van der Waals surface area (Å²) in [6, 6.07) is 13.7. The van der Waals surface area contributed by atoms with Crippen LogP contribution >= 0.6 is 23.5 Å². The third-order valence-corrected chi connectivity index (χ3v) is 5.99.